The second-order valence-corrected chi connectivity index (χ2v) is 5.33. The molecular weight excluding hydrogens is 176 g/mol. The number of hydrogen-bond acceptors (Lipinski definition) is 3. The average Bonchev–Trinajstić information content (AvgIpc) is 1.87. The van der Waals surface area contributed by atoms with Gasteiger partial charge in [-0.3, -0.25) is 0 Å². The lowest BCUT2D eigenvalue weighted by molar-refractivity contribution is 0.114. The lowest BCUT2D eigenvalue weighted by atomic mass is 10.8. The lowest BCUT2D eigenvalue weighted by Crippen LogP contribution is -2.11. The molecule has 0 fully saturated rings. The maximum atomic E-state index is 5.66. The minimum atomic E-state index is 0.342. The highest BCUT2D eigenvalue weighted by Crippen LogP contribution is 2.18. The van der Waals surface area contributed by atoms with Crippen molar-refractivity contribution in [1.82, 2.24) is 0 Å². The Morgan fingerprint density at radius 3 is 1.64 bits per heavy atom. The van der Waals surface area contributed by atoms with Crippen molar-refractivity contribution in [3.8, 4) is 0 Å². The highest BCUT2D eigenvalue weighted by Gasteiger charge is 2.06. The van der Waals surface area contributed by atoms with Crippen molar-refractivity contribution in [3.63, 3.8) is 0 Å². The molecule has 0 aromatic carbocycles. The molecule has 0 spiro atoms. The van der Waals surface area contributed by atoms with Crippen LogP contribution < -0.4 is 0 Å². The third kappa shape index (κ3) is 7.04. The average molecular weight is 194 g/mol. The van der Waals surface area contributed by atoms with Gasteiger partial charge in [-0.2, -0.15) is 0 Å². The normalized spacial score (nSPS) is 16.4. The zero-order valence-electron chi connectivity index (χ0n) is 7.79. The van der Waals surface area contributed by atoms with E-state index in [4.69, 9.17) is 4.74 Å². The van der Waals surface area contributed by atoms with Gasteiger partial charge in [0.15, 0.2) is 0 Å². The maximum absolute atomic E-state index is 5.66. The molecule has 0 aliphatic carbocycles. The Balaban J connectivity index is 3.32. The molecule has 0 aliphatic rings. The molecule has 0 heterocycles. The molecule has 11 heavy (non-hydrogen) atoms. The first-order valence-corrected chi connectivity index (χ1v) is 6.19. The highest BCUT2D eigenvalue weighted by molar-refractivity contribution is 8.00. The van der Waals surface area contributed by atoms with Crippen LogP contribution in [0.5, 0.6) is 0 Å². The van der Waals surface area contributed by atoms with E-state index >= 15 is 0 Å². The van der Waals surface area contributed by atoms with Gasteiger partial charge in [-0.25, -0.2) is 0 Å². The Bertz CT molecular complexity index is 78.2. The predicted octanol–water partition coefficient (Wildman–Crippen LogP) is 3.20. The fraction of sp³-hybridized carbons (Fsp3) is 1.00. The first-order valence-electron chi connectivity index (χ1n) is 4.09. The number of rotatable bonds is 6. The van der Waals surface area contributed by atoms with Gasteiger partial charge in [-0.15, -0.1) is 23.5 Å². The summed E-state index contributed by atoms with van der Waals surface area (Å²) in [5.74, 6) is 2.26. The molecule has 0 amide bonds. The van der Waals surface area contributed by atoms with Crippen LogP contribution in [0.25, 0.3) is 0 Å². The molecule has 0 rings (SSSR count). The molecule has 0 bridgehead atoms. The van der Waals surface area contributed by atoms with Crippen LogP contribution in [-0.4, -0.2) is 22.4 Å². The van der Waals surface area contributed by atoms with E-state index in [1.165, 1.54) is 0 Å². The fourth-order valence-electron chi connectivity index (χ4n) is 0.818. The molecule has 0 saturated carbocycles. The first-order chi connectivity index (χ1) is 5.20. The molecule has 0 radical (unpaired) electrons. The van der Waals surface area contributed by atoms with Gasteiger partial charge in [0, 0.05) is 0 Å². The van der Waals surface area contributed by atoms with E-state index in [-0.39, 0.29) is 0 Å². The second-order valence-electron chi connectivity index (χ2n) is 2.18. The van der Waals surface area contributed by atoms with Crippen LogP contribution in [0.15, 0.2) is 0 Å². The summed E-state index contributed by atoms with van der Waals surface area (Å²) in [4.78, 5) is 0. The van der Waals surface area contributed by atoms with E-state index in [2.05, 4.69) is 27.7 Å². The van der Waals surface area contributed by atoms with Crippen LogP contribution in [0.1, 0.15) is 27.7 Å². The summed E-state index contributed by atoms with van der Waals surface area (Å²) in [5, 5.41) is 0. The van der Waals surface area contributed by atoms with Gasteiger partial charge in [0.1, 0.15) is 10.9 Å². The van der Waals surface area contributed by atoms with Crippen molar-refractivity contribution in [2.45, 2.75) is 38.6 Å². The number of hydrogen-bond donors (Lipinski definition) is 0. The molecular formula is C8H18OS2. The van der Waals surface area contributed by atoms with Gasteiger partial charge in [-0.1, -0.05) is 13.8 Å². The Morgan fingerprint density at radius 1 is 1.00 bits per heavy atom. The molecule has 68 valence electrons. The van der Waals surface area contributed by atoms with Crippen LogP contribution in [0, 0.1) is 0 Å². The van der Waals surface area contributed by atoms with Crippen molar-refractivity contribution in [2.24, 2.45) is 0 Å². The predicted molar refractivity (Wildman–Crippen MR) is 56.3 cm³/mol. The Kier molecular flexibility index (Phi) is 7.76. The van der Waals surface area contributed by atoms with Crippen LogP contribution in [-0.2, 0) is 4.74 Å². The van der Waals surface area contributed by atoms with Crippen molar-refractivity contribution >= 4 is 23.5 Å². The van der Waals surface area contributed by atoms with E-state index in [1.807, 2.05) is 23.5 Å². The molecule has 3 heteroatoms. The molecule has 0 N–H and O–H groups in total. The molecule has 0 aromatic heterocycles. The van der Waals surface area contributed by atoms with Crippen LogP contribution in [0.4, 0.5) is 0 Å². The van der Waals surface area contributed by atoms with Crippen molar-refractivity contribution in [1.29, 1.82) is 0 Å². The topological polar surface area (TPSA) is 9.23 Å². The van der Waals surface area contributed by atoms with E-state index in [1.54, 1.807) is 0 Å². The SMILES string of the molecule is CCSC(C)OC(C)SCC. The Labute approximate surface area is 78.7 Å². The van der Waals surface area contributed by atoms with Gasteiger partial charge < -0.3 is 4.74 Å². The smallest absolute Gasteiger partial charge is 0.101 e. The van der Waals surface area contributed by atoms with Gasteiger partial charge in [0.05, 0.1) is 0 Å². The third-order valence-electron chi connectivity index (χ3n) is 1.19. The summed E-state index contributed by atoms with van der Waals surface area (Å²) in [6.07, 6.45) is 0. The van der Waals surface area contributed by atoms with E-state index in [0.29, 0.717) is 10.9 Å². The van der Waals surface area contributed by atoms with Crippen LogP contribution in [0.2, 0.25) is 0 Å². The fourth-order valence-corrected chi connectivity index (χ4v) is 2.32. The van der Waals surface area contributed by atoms with E-state index < -0.39 is 0 Å². The summed E-state index contributed by atoms with van der Waals surface area (Å²) in [6.45, 7) is 8.53. The van der Waals surface area contributed by atoms with Crippen LogP contribution in [0.3, 0.4) is 0 Å². The standard InChI is InChI=1S/C8H18OS2/c1-5-10-7(3)9-8(4)11-6-2/h7-8H,5-6H2,1-4H3. The lowest BCUT2D eigenvalue weighted by Gasteiger charge is -2.16. The summed E-state index contributed by atoms with van der Waals surface area (Å²) >= 11 is 3.70. The van der Waals surface area contributed by atoms with Crippen molar-refractivity contribution < 1.29 is 4.74 Å². The number of ether oxygens (including phenoxy) is 1. The van der Waals surface area contributed by atoms with Crippen molar-refractivity contribution in [3.05, 3.63) is 0 Å². The molecule has 0 aromatic rings. The van der Waals surface area contributed by atoms with Gasteiger partial charge in [0.25, 0.3) is 0 Å². The second kappa shape index (κ2) is 7.32. The van der Waals surface area contributed by atoms with Crippen LogP contribution >= 0.6 is 23.5 Å². The molecule has 0 saturated heterocycles. The quantitative estimate of drug-likeness (QED) is 0.601. The summed E-state index contributed by atoms with van der Waals surface area (Å²) in [5.41, 5.74) is 0.683. The maximum Gasteiger partial charge on any atom is 0.101 e. The summed E-state index contributed by atoms with van der Waals surface area (Å²) < 4.78 is 5.66. The van der Waals surface area contributed by atoms with E-state index in [0.717, 1.165) is 11.5 Å². The molecule has 1 nitrogen and oxygen atoms in total. The number of thioether (sulfide) groups is 2. The van der Waals surface area contributed by atoms with E-state index in [9.17, 15) is 0 Å². The largest absolute Gasteiger partial charge is 0.354 e. The zero-order chi connectivity index (χ0) is 8.69. The molecule has 2 unspecified atom stereocenters. The monoisotopic (exact) mass is 194 g/mol. The first kappa shape index (κ1) is 11.7. The zero-order valence-corrected chi connectivity index (χ0v) is 9.43. The Morgan fingerprint density at radius 2 is 1.36 bits per heavy atom. The summed E-state index contributed by atoms with van der Waals surface area (Å²) in [6, 6.07) is 0. The molecule has 2 atom stereocenters. The van der Waals surface area contributed by atoms with Gasteiger partial charge in [-0.05, 0) is 25.4 Å². The third-order valence-corrected chi connectivity index (χ3v) is 3.01. The minimum Gasteiger partial charge on any atom is -0.354 e. The van der Waals surface area contributed by atoms with Gasteiger partial charge in [0.2, 0.25) is 0 Å². The minimum absolute atomic E-state index is 0.342. The van der Waals surface area contributed by atoms with Gasteiger partial charge >= 0.3 is 0 Å². The molecule has 0 aliphatic heterocycles. The Hall–Kier alpha value is 0.660. The highest BCUT2D eigenvalue weighted by atomic mass is 32.2. The van der Waals surface area contributed by atoms with Crippen molar-refractivity contribution in [2.75, 3.05) is 11.5 Å². The summed E-state index contributed by atoms with van der Waals surface area (Å²) in [7, 11) is 0.